The molecule has 3 rings (SSSR count). The number of nitrogens with zero attached hydrogens (tertiary/aromatic N) is 1. The Hall–Kier alpha value is -1.27. The van der Waals surface area contributed by atoms with Gasteiger partial charge in [-0.2, -0.15) is 0 Å². The summed E-state index contributed by atoms with van der Waals surface area (Å²) in [7, 11) is 2.17. The minimum atomic E-state index is -0.169. The number of halogens is 1. The molecule has 0 aliphatic carbocycles. The van der Waals surface area contributed by atoms with Crippen molar-refractivity contribution in [1.29, 1.82) is 0 Å². The fraction of sp³-hybridized carbons (Fsp3) is 0.500. The number of likely N-dealkylation sites (tertiary alicyclic amines) is 1. The maximum absolute atomic E-state index is 11.3. The van der Waals surface area contributed by atoms with E-state index in [0.717, 1.165) is 40.6 Å². The fourth-order valence-corrected chi connectivity index (χ4v) is 3.26. The quantitative estimate of drug-likeness (QED) is 0.788. The van der Waals surface area contributed by atoms with E-state index in [9.17, 15) is 4.79 Å². The molecule has 1 aromatic carbocycles. The summed E-state index contributed by atoms with van der Waals surface area (Å²) in [5.74, 6) is 0. The number of aromatic amines is 2. The molecule has 1 aliphatic heterocycles. The van der Waals surface area contributed by atoms with Crippen LogP contribution in [0.1, 0.15) is 19.8 Å². The molecule has 2 heterocycles. The number of H-pyrrole nitrogens is 2. The highest BCUT2D eigenvalue weighted by Gasteiger charge is 2.23. The number of hydrogen-bond donors (Lipinski definition) is 3. The summed E-state index contributed by atoms with van der Waals surface area (Å²) in [5, 5.41) is 3.59. The number of rotatable bonds is 2. The Morgan fingerprint density at radius 2 is 2.05 bits per heavy atom. The van der Waals surface area contributed by atoms with Crippen LogP contribution in [0.15, 0.2) is 21.4 Å². The third kappa shape index (κ3) is 2.62. The van der Waals surface area contributed by atoms with Crippen LogP contribution >= 0.6 is 15.9 Å². The molecule has 1 aliphatic rings. The van der Waals surface area contributed by atoms with E-state index in [2.05, 4.69) is 50.1 Å². The maximum atomic E-state index is 11.3. The zero-order valence-electron chi connectivity index (χ0n) is 11.7. The van der Waals surface area contributed by atoms with E-state index in [1.54, 1.807) is 0 Å². The molecule has 0 amide bonds. The first-order valence-corrected chi connectivity index (χ1v) is 7.70. The van der Waals surface area contributed by atoms with E-state index in [-0.39, 0.29) is 5.69 Å². The second-order valence-electron chi connectivity index (χ2n) is 5.65. The summed E-state index contributed by atoms with van der Waals surface area (Å²) in [6.07, 6.45) is 2.26. The SMILES string of the molecule is CC1CC(Nc2cc3[nH]c(=O)[nH]c3cc2Br)CCN1C. The summed E-state index contributed by atoms with van der Waals surface area (Å²) in [6, 6.07) is 4.99. The molecule has 2 unspecified atom stereocenters. The van der Waals surface area contributed by atoms with Gasteiger partial charge < -0.3 is 20.2 Å². The van der Waals surface area contributed by atoms with Crippen LogP contribution in [0.4, 0.5) is 5.69 Å². The van der Waals surface area contributed by atoms with Crippen molar-refractivity contribution >= 4 is 32.7 Å². The Kier molecular flexibility index (Phi) is 3.60. The van der Waals surface area contributed by atoms with Gasteiger partial charge in [-0.15, -0.1) is 0 Å². The van der Waals surface area contributed by atoms with Gasteiger partial charge in [0.05, 0.1) is 16.7 Å². The van der Waals surface area contributed by atoms with Crippen LogP contribution in [-0.4, -0.2) is 40.5 Å². The normalized spacial score (nSPS) is 24.1. The third-order valence-corrected chi connectivity index (χ3v) is 4.83. The second kappa shape index (κ2) is 5.26. The monoisotopic (exact) mass is 338 g/mol. The molecule has 1 saturated heterocycles. The highest BCUT2D eigenvalue weighted by molar-refractivity contribution is 9.10. The van der Waals surface area contributed by atoms with E-state index in [0.29, 0.717) is 12.1 Å². The smallest absolute Gasteiger partial charge is 0.323 e. The Morgan fingerprint density at radius 3 is 2.75 bits per heavy atom. The van der Waals surface area contributed by atoms with Gasteiger partial charge in [0.25, 0.3) is 0 Å². The van der Waals surface area contributed by atoms with Gasteiger partial charge in [0.15, 0.2) is 0 Å². The molecular weight excluding hydrogens is 320 g/mol. The number of benzene rings is 1. The van der Waals surface area contributed by atoms with Crippen LogP contribution in [0.5, 0.6) is 0 Å². The van der Waals surface area contributed by atoms with Crippen molar-refractivity contribution < 1.29 is 0 Å². The Labute approximate surface area is 125 Å². The summed E-state index contributed by atoms with van der Waals surface area (Å²) in [5.41, 5.74) is 2.53. The summed E-state index contributed by atoms with van der Waals surface area (Å²) in [6.45, 7) is 3.37. The Morgan fingerprint density at radius 1 is 1.35 bits per heavy atom. The van der Waals surface area contributed by atoms with Crippen LogP contribution in [0.3, 0.4) is 0 Å². The fourth-order valence-electron chi connectivity index (χ4n) is 2.81. The minimum absolute atomic E-state index is 0.169. The number of nitrogens with one attached hydrogen (secondary N) is 3. The minimum Gasteiger partial charge on any atom is -0.381 e. The molecule has 2 atom stereocenters. The largest absolute Gasteiger partial charge is 0.381 e. The molecule has 2 aromatic rings. The second-order valence-corrected chi connectivity index (χ2v) is 6.51. The van der Waals surface area contributed by atoms with Crippen molar-refractivity contribution in [2.24, 2.45) is 0 Å². The molecule has 1 aromatic heterocycles. The number of fused-ring (bicyclic) bond motifs is 1. The molecule has 20 heavy (non-hydrogen) atoms. The van der Waals surface area contributed by atoms with Gasteiger partial charge in [0, 0.05) is 23.1 Å². The molecule has 3 N–H and O–H groups in total. The van der Waals surface area contributed by atoms with Crippen molar-refractivity contribution in [3.8, 4) is 0 Å². The Bertz CT molecular complexity index is 677. The lowest BCUT2D eigenvalue weighted by atomic mass is 9.98. The standard InChI is InChI=1S/C14H19BrN4O/c1-8-5-9(3-4-19(8)2)16-11-7-13-12(6-10(11)15)17-14(20)18-13/h6-9,16H,3-5H2,1-2H3,(H2,17,18,20). The molecular formula is C14H19BrN4O. The average Bonchev–Trinajstić information content (AvgIpc) is 2.73. The van der Waals surface area contributed by atoms with Gasteiger partial charge >= 0.3 is 5.69 Å². The van der Waals surface area contributed by atoms with Gasteiger partial charge in [-0.3, -0.25) is 0 Å². The molecule has 0 spiro atoms. The lowest BCUT2D eigenvalue weighted by Crippen LogP contribution is -2.42. The predicted octanol–water partition coefficient (Wildman–Crippen LogP) is 2.51. The van der Waals surface area contributed by atoms with Crippen LogP contribution in [-0.2, 0) is 0 Å². The van der Waals surface area contributed by atoms with Crippen molar-refractivity contribution in [3.05, 3.63) is 27.1 Å². The first-order valence-electron chi connectivity index (χ1n) is 6.91. The summed E-state index contributed by atoms with van der Waals surface area (Å²) < 4.78 is 0.979. The molecule has 108 valence electrons. The van der Waals surface area contributed by atoms with Crippen LogP contribution in [0.25, 0.3) is 11.0 Å². The van der Waals surface area contributed by atoms with Gasteiger partial charge in [-0.05, 0) is 54.9 Å². The summed E-state index contributed by atoms with van der Waals surface area (Å²) in [4.78, 5) is 19.3. The van der Waals surface area contributed by atoms with Crippen molar-refractivity contribution in [2.75, 3.05) is 18.9 Å². The average molecular weight is 339 g/mol. The van der Waals surface area contributed by atoms with Gasteiger partial charge in [-0.1, -0.05) is 0 Å². The lowest BCUT2D eigenvalue weighted by molar-refractivity contribution is 0.190. The molecule has 1 fully saturated rings. The first kappa shape index (κ1) is 13.7. The predicted molar refractivity (Wildman–Crippen MR) is 85.4 cm³/mol. The van der Waals surface area contributed by atoms with E-state index in [4.69, 9.17) is 0 Å². The lowest BCUT2D eigenvalue weighted by Gasteiger charge is -2.36. The van der Waals surface area contributed by atoms with Crippen molar-refractivity contribution in [2.45, 2.75) is 31.8 Å². The molecule has 0 saturated carbocycles. The number of imidazole rings is 1. The highest BCUT2D eigenvalue weighted by atomic mass is 79.9. The van der Waals surface area contributed by atoms with Crippen molar-refractivity contribution in [1.82, 2.24) is 14.9 Å². The number of anilines is 1. The van der Waals surface area contributed by atoms with E-state index in [1.165, 1.54) is 0 Å². The van der Waals surface area contributed by atoms with Gasteiger partial charge in [-0.25, -0.2) is 4.79 Å². The van der Waals surface area contributed by atoms with Gasteiger partial charge in [0.2, 0.25) is 0 Å². The third-order valence-electron chi connectivity index (χ3n) is 4.17. The Balaban J connectivity index is 1.83. The van der Waals surface area contributed by atoms with E-state index >= 15 is 0 Å². The van der Waals surface area contributed by atoms with Gasteiger partial charge in [0.1, 0.15) is 0 Å². The zero-order chi connectivity index (χ0) is 14.3. The summed E-state index contributed by atoms with van der Waals surface area (Å²) >= 11 is 3.57. The van der Waals surface area contributed by atoms with Crippen LogP contribution in [0, 0.1) is 0 Å². The highest BCUT2D eigenvalue weighted by Crippen LogP contribution is 2.29. The van der Waals surface area contributed by atoms with Crippen LogP contribution in [0.2, 0.25) is 0 Å². The maximum Gasteiger partial charge on any atom is 0.323 e. The molecule has 5 nitrogen and oxygen atoms in total. The number of piperidine rings is 1. The number of hydrogen-bond acceptors (Lipinski definition) is 3. The molecule has 6 heteroatoms. The first-order chi connectivity index (χ1) is 9.52. The van der Waals surface area contributed by atoms with Crippen LogP contribution < -0.4 is 11.0 Å². The number of aromatic nitrogens is 2. The topological polar surface area (TPSA) is 63.9 Å². The van der Waals surface area contributed by atoms with E-state index in [1.807, 2.05) is 12.1 Å². The zero-order valence-corrected chi connectivity index (χ0v) is 13.3. The van der Waals surface area contributed by atoms with E-state index < -0.39 is 0 Å². The molecule has 0 bridgehead atoms. The van der Waals surface area contributed by atoms with Crippen molar-refractivity contribution in [3.63, 3.8) is 0 Å². The molecule has 0 radical (unpaired) electrons.